The molecule has 0 spiro atoms. The predicted molar refractivity (Wildman–Crippen MR) is 88.8 cm³/mol. The van der Waals surface area contributed by atoms with E-state index in [9.17, 15) is 9.18 Å². The number of aryl methyl sites for hydroxylation is 2. The van der Waals surface area contributed by atoms with Crippen LogP contribution in [0.15, 0.2) is 36.5 Å². The Morgan fingerprint density at radius 1 is 1.29 bits per heavy atom. The van der Waals surface area contributed by atoms with Gasteiger partial charge in [-0.15, -0.1) is 11.3 Å². The van der Waals surface area contributed by atoms with Gasteiger partial charge in [-0.25, -0.2) is 14.1 Å². The smallest absolute Gasteiger partial charge is 0.277 e. The molecule has 24 heavy (non-hydrogen) atoms. The van der Waals surface area contributed by atoms with E-state index in [-0.39, 0.29) is 24.1 Å². The van der Waals surface area contributed by atoms with Crippen LogP contribution in [0.5, 0.6) is 5.75 Å². The second-order valence-electron chi connectivity index (χ2n) is 5.08. The van der Waals surface area contributed by atoms with Crippen molar-refractivity contribution in [3.63, 3.8) is 0 Å². The Morgan fingerprint density at radius 3 is 2.71 bits per heavy atom. The number of nitrogens with zero attached hydrogens (tertiary/aromatic N) is 3. The van der Waals surface area contributed by atoms with Crippen molar-refractivity contribution in [2.24, 2.45) is 0 Å². The minimum Gasteiger partial charge on any atom is -0.471 e. The molecule has 0 aliphatic heterocycles. The molecule has 0 atom stereocenters. The first-order chi connectivity index (χ1) is 11.5. The molecule has 2 heterocycles. The summed E-state index contributed by atoms with van der Waals surface area (Å²) < 4.78 is 19.8. The van der Waals surface area contributed by atoms with Gasteiger partial charge in [-0.1, -0.05) is 0 Å². The normalized spacial score (nSPS) is 10.6. The maximum atomic E-state index is 12.8. The first-order valence-corrected chi connectivity index (χ1v) is 8.00. The van der Waals surface area contributed by atoms with E-state index < -0.39 is 0 Å². The van der Waals surface area contributed by atoms with Gasteiger partial charge in [0.25, 0.3) is 5.91 Å². The average molecular weight is 346 g/mol. The van der Waals surface area contributed by atoms with Crippen molar-refractivity contribution in [2.45, 2.75) is 20.6 Å². The van der Waals surface area contributed by atoms with Gasteiger partial charge >= 0.3 is 0 Å². The molecular weight excluding hydrogens is 331 g/mol. The topological polar surface area (TPSA) is 69.0 Å². The maximum Gasteiger partial charge on any atom is 0.277 e. The highest BCUT2D eigenvalue weighted by Crippen LogP contribution is 2.21. The fourth-order valence-electron chi connectivity index (χ4n) is 1.91. The SMILES string of the molecule is Cc1nc(NC(=O)c2ccn(COc3ccc(F)cc3)n2)sc1C. The lowest BCUT2D eigenvalue weighted by Gasteiger charge is -2.05. The van der Waals surface area contributed by atoms with Gasteiger partial charge in [0.2, 0.25) is 0 Å². The van der Waals surface area contributed by atoms with Gasteiger partial charge < -0.3 is 4.74 Å². The number of nitrogens with one attached hydrogen (secondary N) is 1. The van der Waals surface area contributed by atoms with Crippen molar-refractivity contribution in [2.75, 3.05) is 5.32 Å². The van der Waals surface area contributed by atoms with E-state index in [1.807, 2.05) is 13.8 Å². The van der Waals surface area contributed by atoms with Crippen LogP contribution in [0.3, 0.4) is 0 Å². The zero-order valence-electron chi connectivity index (χ0n) is 13.1. The maximum absolute atomic E-state index is 12.8. The van der Waals surface area contributed by atoms with E-state index in [1.54, 1.807) is 12.3 Å². The van der Waals surface area contributed by atoms with Crippen molar-refractivity contribution in [1.29, 1.82) is 0 Å². The molecule has 0 bridgehead atoms. The monoisotopic (exact) mass is 346 g/mol. The van der Waals surface area contributed by atoms with Gasteiger partial charge in [-0.2, -0.15) is 5.10 Å². The number of benzene rings is 1. The fourth-order valence-corrected chi connectivity index (χ4v) is 2.72. The van der Waals surface area contributed by atoms with Gasteiger partial charge in [0.15, 0.2) is 17.6 Å². The van der Waals surface area contributed by atoms with Crippen LogP contribution in [-0.4, -0.2) is 20.7 Å². The number of ether oxygens (including phenoxy) is 1. The van der Waals surface area contributed by atoms with Gasteiger partial charge in [0.1, 0.15) is 11.6 Å². The van der Waals surface area contributed by atoms with Crippen molar-refractivity contribution < 1.29 is 13.9 Å². The van der Waals surface area contributed by atoms with E-state index in [1.165, 1.54) is 40.3 Å². The number of amides is 1. The molecule has 3 rings (SSSR count). The van der Waals surface area contributed by atoms with Crippen LogP contribution in [0.4, 0.5) is 9.52 Å². The molecule has 124 valence electrons. The number of carbonyl (C=O) groups excluding carboxylic acids is 1. The van der Waals surface area contributed by atoms with E-state index in [0.717, 1.165) is 10.6 Å². The third kappa shape index (κ3) is 3.77. The Hall–Kier alpha value is -2.74. The second kappa shape index (κ2) is 6.79. The van der Waals surface area contributed by atoms with Crippen molar-refractivity contribution in [3.8, 4) is 5.75 Å². The van der Waals surface area contributed by atoms with Crippen LogP contribution in [0.25, 0.3) is 0 Å². The molecule has 8 heteroatoms. The highest BCUT2D eigenvalue weighted by molar-refractivity contribution is 7.15. The third-order valence-electron chi connectivity index (χ3n) is 3.30. The fraction of sp³-hybridized carbons (Fsp3) is 0.188. The zero-order valence-corrected chi connectivity index (χ0v) is 13.9. The highest BCUT2D eigenvalue weighted by Gasteiger charge is 2.13. The Balaban J connectivity index is 1.60. The summed E-state index contributed by atoms with van der Waals surface area (Å²) in [5.41, 5.74) is 1.16. The Morgan fingerprint density at radius 2 is 2.04 bits per heavy atom. The number of anilines is 1. The summed E-state index contributed by atoms with van der Waals surface area (Å²) in [7, 11) is 0. The summed E-state index contributed by atoms with van der Waals surface area (Å²) >= 11 is 1.42. The number of rotatable bonds is 5. The van der Waals surface area contributed by atoms with E-state index in [0.29, 0.717) is 10.9 Å². The molecule has 0 aliphatic carbocycles. The lowest BCUT2D eigenvalue weighted by Crippen LogP contribution is -2.14. The molecule has 0 saturated carbocycles. The Bertz CT molecular complexity index is 838. The van der Waals surface area contributed by atoms with Crippen molar-refractivity contribution >= 4 is 22.4 Å². The number of hydrogen-bond donors (Lipinski definition) is 1. The van der Waals surface area contributed by atoms with Crippen LogP contribution < -0.4 is 10.1 Å². The number of aromatic nitrogens is 3. The molecule has 0 aliphatic rings. The van der Waals surface area contributed by atoms with Gasteiger partial charge in [0.05, 0.1) is 5.69 Å². The minimum atomic E-state index is -0.329. The largest absolute Gasteiger partial charge is 0.471 e. The van der Waals surface area contributed by atoms with Crippen LogP contribution in [-0.2, 0) is 6.73 Å². The minimum absolute atomic E-state index is 0.119. The Kier molecular flexibility index (Phi) is 4.57. The summed E-state index contributed by atoms with van der Waals surface area (Å²) in [5, 5.41) is 7.42. The van der Waals surface area contributed by atoms with Crippen molar-refractivity contribution in [1.82, 2.24) is 14.8 Å². The van der Waals surface area contributed by atoms with Crippen LogP contribution in [0.1, 0.15) is 21.1 Å². The number of hydrogen-bond acceptors (Lipinski definition) is 5. The van der Waals surface area contributed by atoms with E-state index in [2.05, 4.69) is 15.4 Å². The van der Waals surface area contributed by atoms with Gasteiger partial charge in [-0.05, 0) is 44.2 Å². The van der Waals surface area contributed by atoms with Crippen LogP contribution in [0, 0.1) is 19.7 Å². The first-order valence-electron chi connectivity index (χ1n) is 7.18. The lowest BCUT2D eigenvalue weighted by molar-refractivity contribution is 0.102. The third-order valence-corrected chi connectivity index (χ3v) is 4.29. The summed E-state index contributed by atoms with van der Waals surface area (Å²) in [6, 6.07) is 7.28. The molecule has 1 N–H and O–H groups in total. The van der Waals surface area contributed by atoms with Gasteiger partial charge in [0, 0.05) is 11.1 Å². The molecule has 1 amide bonds. The molecular formula is C16H15FN4O2S. The summed E-state index contributed by atoms with van der Waals surface area (Å²) in [4.78, 5) is 17.5. The molecule has 6 nitrogen and oxygen atoms in total. The number of halogens is 1. The highest BCUT2D eigenvalue weighted by atomic mass is 32.1. The molecule has 0 fully saturated rings. The summed E-state index contributed by atoms with van der Waals surface area (Å²) in [5.74, 6) is -0.135. The van der Waals surface area contributed by atoms with E-state index in [4.69, 9.17) is 4.74 Å². The molecule has 0 unspecified atom stereocenters. The Labute approximate surface area is 141 Å². The predicted octanol–water partition coefficient (Wildman–Crippen LogP) is 3.38. The quantitative estimate of drug-likeness (QED) is 0.769. The molecule has 0 saturated heterocycles. The summed E-state index contributed by atoms with van der Waals surface area (Å²) in [6.07, 6.45) is 1.64. The second-order valence-corrected chi connectivity index (χ2v) is 6.29. The zero-order chi connectivity index (χ0) is 17.1. The molecule has 2 aromatic heterocycles. The van der Waals surface area contributed by atoms with Gasteiger partial charge in [-0.3, -0.25) is 10.1 Å². The van der Waals surface area contributed by atoms with Crippen molar-refractivity contribution in [3.05, 3.63) is 58.6 Å². The number of carbonyl (C=O) groups is 1. The average Bonchev–Trinajstić information content (AvgIpc) is 3.14. The summed E-state index contributed by atoms with van der Waals surface area (Å²) in [6.45, 7) is 3.96. The van der Waals surface area contributed by atoms with Crippen LogP contribution >= 0.6 is 11.3 Å². The molecule has 3 aromatic rings. The number of thiazole rings is 1. The molecule has 0 radical (unpaired) electrons. The standard InChI is InChI=1S/C16H15FN4O2S/c1-10-11(2)24-16(18-10)19-15(22)14-7-8-21(20-14)9-23-13-5-3-12(17)4-6-13/h3-8H,9H2,1-2H3,(H,18,19,22). The molecule has 1 aromatic carbocycles. The van der Waals surface area contributed by atoms with E-state index >= 15 is 0 Å². The first kappa shape index (κ1) is 16.1. The van der Waals surface area contributed by atoms with Crippen LogP contribution in [0.2, 0.25) is 0 Å². The lowest BCUT2D eigenvalue weighted by atomic mass is 10.3.